The SMILES string of the molecule is CC.Cc1ccc2c(c1)CCN(CC(N)=O)C2=O. The van der Waals surface area contributed by atoms with Crippen LogP contribution in [0.1, 0.15) is 35.3 Å². The fraction of sp³-hybridized carbons (Fsp3) is 0.429. The Morgan fingerprint density at radius 3 is 2.67 bits per heavy atom. The molecule has 4 nitrogen and oxygen atoms in total. The molecule has 2 rings (SSSR count). The van der Waals surface area contributed by atoms with Crippen molar-refractivity contribution in [3.05, 3.63) is 34.9 Å². The standard InChI is InChI=1S/C12H14N2O2.C2H6/c1-8-2-3-10-9(6-8)4-5-14(12(10)16)7-11(13)15;1-2/h2-3,6H,4-5,7H2,1H3,(H2,13,15);1-2H3. The second kappa shape index (κ2) is 6.19. The normalized spacial score (nSPS) is 13.5. The van der Waals surface area contributed by atoms with E-state index in [0.717, 1.165) is 17.5 Å². The first-order valence-corrected chi connectivity index (χ1v) is 6.25. The van der Waals surface area contributed by atoms with E-state index >= 15 is 0 Å². The van der Waals surface area contributed by atoms with E-state index in [-0.39, 0.29) is 12.5 Å². The predicted octanol–water partition coefficient (Wildman–Crippen LogP) is 1.50. The van der Waals surface area contributed by atoms with Gasteiger partial charge >= 0.3 is 0 Å². The third-order valence-corrected chi connectivity index (χ3v) is 2.78. The molecular weight excluding hydrogens is 228 g/mol. The monoisotopic (exact) mass is 248 g/mol. The van der Waals surface area contributed by atoms with Gasteiger partial charge in [0, 0.05) is 12.1 Å². The van der Waals surface area contributed by atoms with Gasteiger partial charge in [0.05, 0.1) is 6.54 Å². The van der Waals surface area contributed by atoms with Crippen molar-refractivity contribution in [3.8, 4) is 0 Å². The van der Waals surface area contributed by atoms with Gasteiger partial charge in [-0.3, -0.25) is 9.59 Å². The van der Waals surface area contributed by atoms with Crippen LogP contribution in [0.4, 0.5) is 0 Å². The summed E-state index contributed by atoms with van der Waals surface area (Å²) < 4.78 is 0. The van der Waals surface area contributed by atoms with Gasteiger partial charge in [0.2, 0.25) is 5.91 Å². The highest BCUT2D eigenvalue weighted by Crippen LogP contribution is 2.19. The molecule has 0 radical (unpaired) electrons. The lowest BCUT2D eigenvalue weighted by molar-refractivity contribution is -0.118. The van der Waals surface area contributed by atoms with Crippen molar-refractivity contribution in [1.82, 2.24) is 4.90 Å². The number of nitrogens with zero attached hydrogens (tertiary/aromatic N) is 1. The van der Waals surface area contributed by atoms with Crippen LogP contribution >= 0.6 is 0 Å². The van der Waals surface area contributed by atoms with Crippen LogP contribution in [0.2, 0.25) is 0 Å². The number of carbonyl (C=O) groups excluding carboxylic acids is 2. The Kier molecular flexibility index (Phi) is 4.89. The Morgan fingerprint density at radius 2 is 2.06 bits per heavy atom. The fourth-order valence-corrected chi connectivity index (χ4v) is 2.00. The molecule has 2 amide bonds. The molecule has 98 valence electrons. The largest absolute Gasteiger partial charge is 0.368 e. The Morgan fingerprint density at radius 1 is 1.39 bits per heavy atom. The minimum atomic E-state index is -0.469. The van der Waals surface area contributed by atoms with E-state index in [2.05, 4.69) is 0 Å². The van der Waals surface area contributed by atoms with Crippen LogP contribution in [0.5, 0.6) is 0 Å². The Balaban J connectivity index is 0.000000771. The van der Waals surface area contributed by atoms with E-state index in [1.165, 1.54) is 4.90 Å². The van der Waals surface area contributed by atoms with Crippen LogP contribution < -0.4 is 5.73 Å². The lowest BCUT2D eigenvalue weighted by Crippen LogP contribution is -2.42. The van der Waals surface area contributed by atoms with Crippen molar-refractivity contribution < 1.29 is 9.59 Å². The minimum absolute atomic E-state index is 0.00610. The van der Waals surface area contributed by atoms with Crippen LogP contribution in [0.15, 0.2) is 18.2 Å². The molecule has 0 bridgehead atoms. The second-order valence-electron chi connectivity index (χ2n) is 4.10. The molecule has 18 heavy (non-hydrogen) atoms. The minimum Gasteiger partial charge on any atom is -0.368 e. The maximum absolute atomic E-state index is 12.0. The topological polar surface area (TPSA) is 63.4 Å². The molecule has 0 atom stereocenters. The summed E-state index contributed by atoms with van der Waals surface area (Å²) >= 11 is 0. The first-order valence-electron chi connectivity index (χ1n) is 6.25. The quantitative estimate of drug-likeness (QED) is 0.862. The first kappa shape index (κ1) is 14.2. The number of carbonyl (C=O) groups is 2. The average molecular weight is 248 g/mol. The first-order chi connectivity index (χ1) is 8.58. The van der Waals surface area contributed by atoms with Crippen LogP contribution in [0, 0.1) is 6.92 Å². The van der Waals surface area contributed by atoms with Gasteiger partial charge in [-0.2, -0.15) is 0 Å². The third-order valence-electron chi connectivity index (χ3n) is 2.78. The molecule has 0 saturated carbocycles. The number of aryl methyl sites for hydroxylation is 1. The summed E-state index contributed by atoms with van der Waals surface area (Å²) in [4.78, 5) is 24.3. The number of hydrogen-bond donors (Lipinski definition) is 1. The zero-order valence-electron chi connectivity index (χ0n) is 11.2. The summed E-state index contributed by atoms with van der Waals surface area (Å²) in [6.07, 6.45) is 0.788. The number of amides is 2. The van der Waals surface area contributed by atoms with E-state index in [1.807, 2.05) is 39.0 Å². The number of fused-ring (bicyclic) bond motifs is 1. The van der Waals surface area contributed by atoms with E-state index in [4.69, 9.17) is 5.73 Å². The predicted molar refractivity (Wildman–Crippen MR) is 71.3 cm³/mol. The van der Waals surface area contributed by atoms with Crippen LogP contribution in [-0.4, -0.2) is 29.8 Å². The number of primary amides is 1. The average Bonchev–Trinajstić information content (AvgIpc) is 2.35. The highest BCUT2D eigenvalue weighted by Gasteiger charge is 2.24. The lowest BCUT2D eigenvalue weighted by atomic mass is 9.97. The molecule has 0 aliphatic carbocycles. The molecule has 1 aromatic rings. The molecular formula is C14H20N2O2. The smallest absolute Gasteiger partial charge is 0.254 e. The van der Waals surface area contributed by atoms with E-state index in [1.54, 1.807) is 0 Å². The van der Waals surface area contributed by atoms with Crippen molar-refractivity contribution in [1.29, 1.82) is 0 Å². The van der Waals surface area contributed by atoms with Gasteiger partial charge in [-0.15, -0.1) is 0 Å². The molecule has 0 unspecified atom stereocenters. The van der Waals surface area contributed by atoms with Crippen molar-refractivity contribution in [2.75, 3.05) is 13.1 Å². The molecule has 1 heterocycles. The van der Waals surface area contributed by atoms with Crippen molar-refractivity contribution in [2.45, 2.75) is 27.2 Å². The highest BCUT2D eigenvalue weighted by atomic mass is 16.2. The summed E-state index contributed by atoms with van der Waals surface area (Å²) in [5.41, 5.74) is 8.00. The summed E-state index contributed by atoms with van der Waals surface area (Å²) in [5.74, 6) is -0.566. The van der Waals surface area contributed by atoms with E-state index in [9.17, 15) is 9.59 Å². The summed E-state index contributed by atoms with van der Waals surface area (Å²) in [5, 5.41) is 0. The van der Waals surface area contributed by atoms with E-state index < -0.39 is 5.91 Å². The van der Waals surface area contributed by atoms with E-state index in [0.29, 0.717) is 12.1 Å². The maximum atomic E-state index is 12.0. The van der Waals surface area contributed by atoms with Crippen LogP contribution in [0.3, 0.4) is 0 Å². The van der Waals surface area contributed by atoms with Gasteiger partial charge in [0.15, 0.2) is 0 Å². The van der Waals surface area contributed by atoms with Crippen LogP contribution in [-0.2, 0) is 11.2 Å². The van der Waals surface area contributed by atoms with Crippen LogP contribution in [0.25, 0.3) is 0 Å². The zero-order valence-corrected chi connectivity index (χ0v) is 11.2. The molecule has 1 aliphatic rings. The lowest BCUT2D eigenvalue weighted by Gasteiger charge is -2.27. The number of hydrogen-bond acceptors (Lipinski definition) is 2. The molecule has 0 saturated heterocycles. The van der Waals surface area contributed by atoms with Crippen molar-refractivity contribution in [3.63, 3.8) is 0 Å². The molecule has 4 heteroatoms. The molecule has 1 aromatic carbocycles. The third kappa shape index (κ3) is 3.09. The zero-order chi connectivity index (χ0) is 13.7. The molecule has 0 spiro atoms. The molecule has 1 aliphatic heterocycles. The summed E-state index contributed by atoms with van der Waals surface area (Å²) in [6.45, 7) is 6.57. The molecule has 0 fully saturated rings. The van der Waals surface area contributed by atoms with Gasteiger partial charge < -0.3 is 10.6 Å². The molecule has 2 N–H and O–H groups in total. The Hall–Kier alpha value is -1.84. The Labute approximate surface area is 108 Å². The summed E-state index contributed by atoms with van der Waals surface area (Å²) in [6, 6.07) is 5.75. The van der Waals surface area contributed by atoms with Gasteiger partial charge in [-0.25, -0.2) is 0 Å². The number of rotatable bonds is 2. The summed E-state index contributed by atoms with van der Waals surface area (Å²) in [7, 11) is 0. The fourth-order valence-electron chi connectivity index (χ4n) is 2.00. The van der Waals surface area contributed by atoms with Crippen molar-refractivity contribution in [2.24, 2.45) is 5.73 Å². The van der Waals surface area contributed by atoms with Gasteiger partial charge in [-0.05, 0) is 25.0 Å². The molecule has 0 aromatic heterocycles. The maximum Gasteiger partial charge on any atom is 0.254 e. The second-order valence-corrected chi connectivity index (χ2v) is 4.10. The Bertz CT molecular complexity index is 455. The van der Waals surface area contributed by atoms with Gasteiger partial charge in [0.1, 0.15) is 0 Å². The highest BCUT2D eigenvalue weighted by molar-refractivity contribution is 5.98. The van der Waals surface area contributed by atoms with Gasteiger partial charge in [0.25, 0.3) is 5.91 Å². The van der Waals surface area contributed by atoms with Gasteiger partial charge in [-0.1, -0.05) is 31.5 Å². The van der Waals surface area contributed by atoms with Crippen molar-refractivity contribution >= 4 is 11.8 Å². The number of nitrogens with two attached hydrogens (primary N) is 1. The number of benzene rings is 1.